The van der Waals surface area contributed by atoms with Crippen molar-refractivity contribution in [2.75, 3.05) is 5.75 Å². The van der Waals surface area contributed by atoms with Crippen molar-refractivity contribution >= 4 is 9.84 Å². The SMILES string of the molecule is O=S(=O)(CCC1CCCC1O)c1ccc(C(F)(F)F)cc1. The lowest BCUT2D eigenvalue weighted by molar-refractivity contribution is -0.137. The maximum atomic E-state index is 12.4. The maximum absolute atomic E-state index is 12.4. The normalized spacial score (nSPS) is 23.4. The molecule has 1 saturated carbocycles. The van der Waals surface area contributed by atoms with Gasteiger partial charge < -0.3 is 5.11 Å². The summed E-state index contributed by atoms with van der Waals surface area (Å²) < 4.78 is 61.5. The van der Waals surface area contributed by atoms with Crippen LogP contribution in [0.15, 0.2) is 29.2 Å². The van der Waals surface area contributed by atoms with Crippen LogP contribution in [0.1, 0.15) is 31.2 Å². The lowest BCUT2D eigenvalue weighted by atomic mass is 10.0. The maximum Gasteiger partial charge on any atom is 0.416 e. The molecule has 0 aromatic heterocycles. The molecule has 0 bridgehead atoms. The Morgan fingerprint density at radius 1 is 1.14 bits per heavy atom. The Balaban J connectivity index is 2.05. The van der Waals surface area contributed by atoms with E-state index in [4.69, 9.17) is 0 Å². The summed E-state index contributed by atoms with van der Waals surface area (Å²) in [7, 11) is -3.61. The molecule has 0 radical (unpaired) electrons. The molecule has 1 N–H and O–H groups in total. The second kappa shape index (κ2) is 5.96. The van der Waals surface area contributed by atoms with E-state index in [1.165, 1.54) is 0 Å². The largest absolute Gasteiger partial charge is 0.416 e. The standard InChI is InChI=1S/C14H17F3O3S/c15-14(16,17)11-4-6-12(7-5-11)21(19,20)9-8-10-2-1-3-13(10)18/h4-7,10,13,18H,1-3,8-9H2. The Kier molecular flexibility index (Phi) is 4.63. The molecule has 0 heterocycles. The quantitative estimate of drug-likeness (QED) is 0.927. The molecule has 0 spiro atoms. The number of hydrogen-bond acceptors (Lipinski definition) is 3. The Bertz CT molecular complexity index is 578. The van der Waals surface area contributed by atoms with Gasteiger partial charge in [0.2, 0.25) is 0 Å². The Morgan fingerprint density at radius 2 is 1.76 bits per heavy atom. The summed E-state index contributed by atoms with van der Waals surface area (Å²) in [5, 5.41) is 9.66. The molecule has 0 amide bonds. The average molecular weight is 322 g/mol. The van der Waals surface area contributed by atoms with E-state index in [0.717, 1.165) is 37.1 Å². The third kappa shape index (κ3) is 3.97. The van der Waals surface area contributed by atoms with E-state index in [1.54, 1.807) is 0 Å². The van der Waals surface area contributed by atoms with Crippen LogP contribution in [0.2, 0.25) is 0 Å². The highest BCUT2D eigenvalue weighted by molar-refractivity contribution is 7.91. The first-order valence-electron chi connectivity index (χ1n) is 6.78. The van der Waals surface area contributed by atoms with Gasteiger partial charge in [-0.2, -0.15) is 13.2 Å². The summed E-state index contributed by atoms with van der Waals surface area (Å²) in [6.45, 7) is 0. The van der Waals surface area contributed by atoms with Crippen LogP contribution in [0.25, 0.3) is 0 Å². The van der Waals surface area contributed by atoms with Crippen LogP contribution >= 0.6 is 0 Å². The number of alkyl halides is 3. The van der Waals surface area contributed by atoms with Gasteiger partial charge in [0.15, 0.2) is 9.84 Å². The summed E-state index contributed by atoms with van der Waals surface area (Å²) in [6.07, 6.45) is -2.24. The molecular formula is C14H17F3O3S. The van der Waals surface area contributed by atoms with E-state index < -0.39 is 27.7 Å². The van der Waals surface area contributed by atoms with Gasteiger partial charge in [0, 0.05) is 0 Å². The van der Waals surface area contributed by atoms with Crippen molar-refractivity contribution in [2.45, 2.75) is 42.9 Å². The van der Waals surface area contributed by atoms with Crippen LogP contribution in [0, 0.1) is 5.92 Å². The number of rotatable bonds is 4. The highest BCUT2D eigenvalue weighted by Gasteiger charge is 2.31. The van der Waals surface area contributed by atoms with Crippen molar-refractivity contribution in [1.29, 1.82) is 0 Å². The zero-order valence-corrected chi connectivity index (χ0v) is 12.1. The Labute approximate surface area is 121 Å². The van der Waals surface area contributed by atoms with Crippen molar-refractivity contribution in [3.63, 3.8) is 0 Å². The lowest BCUT2D eigenvalue weighted by Gasteiger charge is -2.14. The van der Waals surface area contributed by atoms with Gasteiger partial charge in [-0.05, 0) is 49.4 Å². The third-order valence-electron chi connectivity index (χ3n) is 3.92. The summed E-state index contributed by atoms with van der Waals surface area (Å²) in [5.41, 5.74) is -0.868. The second-order valence-corrected chi connectivity index (χ2v) is 7.50. The molecule has 1 aromatic carbocycles. The van der Waals surface area contributed by atoms with Crippen LogP contribution in [0.4, 0.5) is 13.2 Å². The molecule has 3 nitrogen and oxygen atoms in total. The number of aliphatic hydroxyl groups is 1. The molecule has 0 saturated heterocycles. The van der Waals surface area contributed by atoms with E-state index in [-0.39, 0.29) is 16.6 Å². The molecule has 1 aromatic rings. The van der Waals surface area contributed by atoms with Gasteiger partial charge >= 0.3 is 6.18 Å². The van der Waals surface area contributed by atoms with E-state index in [2.05, 4.69) is 0 Å². The van der Waals surface area contributed by atoms with Gasteiger partial charge in [0.05, 0.1) is 22.3 Å². The van der Waals surface area contributed by atoms with Crippen molar-refractivity contribution in [3.8, 4) is 0 Å². The molecular weight excluding hydrogens is 305 g/mol. The van der Waals surface area contributed by atoms with Crippen molar-refractivity contribution in [2.24, 2.45) is 5.92 Å². The zero-order chi connectivity index (χ0) is 15.7. The first-order chi connectivity index (χ1) is 9.70. The van der Waals surface area contributed by atoms with E-state index >= 15 is 0 Å². The van der Waals surface area contributed by atoms with Gasteiger partial charge in [-0.25, -0.2) is 8.42 Å². The summed E-state index contributed by atoms with van der Waals surface area (Å²) >= 11 is 0. The summed E-state index contributed by atoms with van der Waals surface area (Å²) in [5.74, 6) is -0.186. The molecule has 0 aliphatic heterocycles. The van der Waals surface area contributed by atoms with Crippen molar-refractivity contribution < 1.29 is 26.7 Å². The minimum absolute atomic E-state index is 0.0331. The van der Waals surface area contributed by atoms with Gasteiger partial charge in [0.1, 0.15) is 0 Å². The minimum Gasteiger partial charge on any atom is -0.393 e. The molecule has 2 atom stereocenters. The Hall–Kier alpha value is -1.08. The smallest absolute Gasteiger partial charge is 0.393 e. The van der Waals surface area contributed by atoms with Crippen molar-refractivity contribution in [1.82, 2.24) is 0 Å². The monoisotopic (exact) mass is 322 g/mol. The number of hydrogen-bond donors (Lipinski definition) is 1. The average Bonchev–Trinajstić information content (AvgIpc) is 2.81. The molecule has 1 aliphatic rings. The van der Waals surface area contributed by atoms with Gasteiger partial charge in [-0.1, -0.05) is 6.42 Å². The predicted octanol–water partition coefficient (Wildman–Crippen LogP) is 3.03. The number of benzene rings is 1. The molecule has 2 unspecified atom stereocenters. The topological polar surface area (TPSA) is 54.4 Å². The molecule has 7 heteroatoms. The lowest BCUT2D eigenvalue weighted by Crippen LogP contribution is -2.18. The fourth-order valence-corrected chi connectivity index (χ4v) is 4.03. The first-order valence-corrected chi connectivity index (χ1v) is 8.43. The van der Waals surface area contributed by atoms with Crippen LogP contribution in [-0.2, 0) is 16.0 Å². The number of halogens is 3. The summed E-state index contributed by atoms with van der Waals surface area (Å²) in [6, 6.07) is 3.53. The molecule has 1 aliphatic carbocycles. The van der Waals surface area contributed by atoms with Crippen LogP contribution < -0.4 is 0 Å². The summed E-state index contributed by atoms with van der Waals surface area (Å²) in [4.78, 5) is -0.108. The minimum atomic E-state index is -4.48. The predicted molar refractivity (Wildman–Crippen MR) is 71.5 cm³/mol. The third-order valence-corrected chi connectivity index (χ3v) is 5.68. The van der Waals surface area contributed by atoms with E-state index in [0.29, 0.717) is 12.8 Å². The molecule has 21 heavy (non-hydrogen) atoms. The number of aliphatic hydroxyl groups excluding tert-OH is 1. The van der Waals surface area contributed by atoms with Crippen LogP contribution in [-0.4, -0.2) is 25.4 Å². The Morgan fingerprint density at radius 3 is 2.24 bits per heavy atom. The van der Waals surface area contributed by atoms with E-state index in [1.807, 2.05) is 0 Å². The molecule has 1 fully saturated rings. The van der Waals surface area contributed by atoms with Gasteiger partial charge in [-0.15, -0.1) is 0 Å². The zero-order valence-electron chi connectivity index (χ0n) is 11.3. The van der Waals surface area contributed by atoms with Crippen molar-refractivity contribution in [3.05, 3.63) is 29.8 Å². The van der Waals surface area contributed by atoms with Crippen LogP contribution in [0.3, 0.4) is 0 Å². The van der Waals surface area contributed by atoms with Gasteiger partial charge in [-0.3, -0.25) is 0 Å². The van der Waals surface area contributed by atoms with E-state index in [9.17, 15) is 26.7 Å². The number of sulfone groups is 1. The molecule has 2 rings (SSSR count). The fraction of sp³-hybridized carbons (Fsp3) is 0.571. The van der Waals surface area contributed by atoms with Crippen LogP contribution in [0.5, 0.6) is 0 Å². The first kappa shape index (κ1) is 16.3. The second-order valence-electron chi connectivity index (χ2n) is 5.39. The van der Waals surface area contributed by atoms with Gasteiger partial charge in [0.25, 0.3) is 0 Å². The fourth-order valence-electron chi connectivity index (χ4n) is 2.63. The highest BCUT2D eigenvalue weighted by atomic mass is 32.2. The highest BCUT2D eigenvalue weighted by Crippen LogP contribution is 2.31. The molecule has 118 valence electrons.